The highest BCUT2D eigenvalue weighted by molar-refractivity contribution is 4.61. The van der Waals surface area contributed by atoms with Crippen molar-refractivity contribution < 1.29 is 18.3 Å². The normalized spacial score (nSPS) is 14.8. The van der Waals surface area contributed by atoms with Gasteiger partial charge in [-0.25, -0.2) is 0 Å². The smallest absolute Gasteiger partial charge is 0.391 e. The fourth-order valence-corrected chi connectivity index (χ4v) is 0.999. The molecule has 0 aliphatic rings. The van der Waals surface area contributed by atoms with Crippen LogP contribution < -0.4 is 0 Å². The molecule has 0 aromatic rings. The number of halogens is 3. The molecule has 0 aliphatic heterocycles. The second kappa shape index (κ2) is 5.41. The predicted molar refractivity (Wildman–Crippen MR) is 40.8 cm³/mol. The minimum atomic E-state index is -4.23. The van der Waals surface area contributed by atoms with E-state index < -0.39 is 18.7 Å². The largest absolute Gasteiger partial charge is 0.393 e. The molecule has 0 saturated heterocycles. The first-order chi connectivity index (χ1) is 5.45. The maximum Gasteiger partial charge on any atom is 0.391 e. The molecule has 0 aliphatic carbocycles. The Morgan fingerprint density at radius 3 is 2.25 bits per heavy atom. The van der Waals surface area contributed by atoms with Gasteiger partial charge in [-0.2, -0.15) is 13.2 Å². The fourth-order valence-electron chi connectivity index (χ4n) is 0.999. The van der Waals surface area contributed by atoms with Crippen LogP contribution in [0.25, 0.3) is 0 Å². The van der Waals surface area contributed by atoms with Crippen molar-refractivity contribution in [2.24, 2.45) is 0 Å². The molecule has 1 atom stereocenters. The summed E-state index contributed by atoms with van der Waals surface area (Å²) in [6.07, 6.45) is -3.74. The zero-order chi connectivity index (χ0) is 9.61. The van der Waals surface area contributed by atoms with Crippen LogP contribution in [0.1, 0.15) is 39.0 Å². The monoisotopic (exact) mass is 184 g/mol. The van der Waals surface area contributed by atoms with E-state index in [9.17, 15) is 13.2 Å². The molecule has 0 saturated carbocycles. The molecule has 0 heterocycles. The molecule has 0 bridgehead atoms. The second-order valence-electron chi connectivity index (χ2n) is 2.97. The van der Waals surface area contributed by atoms with E-state index in [1.807, 2.05) is 6.92 Å². The van der Waals surface area contributed by atoms with Crippen molar-refractivity contribution in [2.75, 3.05) is 0 Å². The number of rotatable bonds is 5. The summed E-state index contributed by atoms with van der Waals surface area (Å²) >= 11 is 0. The topological polar surface area (TPSA) is 20.2 Å². The van der Waals surface area contributed by atoms with E-state index in [0.717, 1.165) is 12.8 Å². The van der Waals surface area contributed by atoms with Gasteiger partial charge in [-0.15, -0.1) is 0 Å². The van der Waals surface area contributed by atoms with Crippen molar-refractivity contribution in [3.63, 3.8) is 0 Å². The van der Waals surface area contributed by atoms with Gasteiger partial charge in [0.15, 0.2) is 0 Å². The number of alkyl halides is 3. The molecule has 0 radical (unpaired) electrons. The zero-order valence-corrected chi connectivity index (χ0v) is 7.19. The Hall–Kier alpha value is -0.250. The lowest BCUT2D eigenvalue weighted by Gasteiger charge is -2.12. The summed E-state index contributed by atoms with van der Waals surface area (Å²) in [5.41, 5.74) is 0. The molecule has 0 rings (SSSR count). The minimum Gasteiger partial charge on any atom is -0.393 e. The number of unbranched alkanes of at least 4 members (excludes halogenated alkanes) is 2. The molecule has 0 aromatic carbocycles. The summed E-state index contributed by atoms with van der Waals surface area (Å²) in [6.45, 7) is 1.97. The van der Waals surface area contributed by atoms with Gasteiger partial charge >= 0.3 is 6.18 Å². The third kappa shape index (κ3) is 7.85. The molecule has 0 aromatic heterocycles. The first kappa shape index (κ1) is 11.8. The SMILES string of the molecule is CCCCC[C@@H](O)CC(F)(F)F. The van der Waals surface area contributed by atoms with Crippen LogP contribution in [0.4, 0.5) is 13.2 Å². The Morgan fingerprint density at radius 2 is 1.83 bits per heavy atom. The average molecular weight is 184 g/mol. The zero-order valence-electron chi connectivity index (χ0n) is 7.19. The van der Waals surface area contributed by atoms with Crippen molar-refractivity contribution >= 4 is 0 Å². The highest BCUT2D eigenvalue weighted by atomic mass is 19.4. The second-order valence-corrected chi connectivity index (χ2v) is 2.97. The quantitative estimate of drug-likeness (QED) is 0.651. The molecular weight excluding hydrogens is 169 g/mol. The summed E-state index contributed by atoms with van der Waals surface area (Å²) in [7, 11) is 0. The minimum absolute atomic E-state index is 0.257. The summed E-state index contributed by atoms with van der Waals surface area (Å²) in [4.78, 5) is 0. The summed E-state index contributed by atoms with van der Waals surface area (Å²) in [6, 6.07) is 0. The van der Waals surface area contributed by atoms with Crippen LogP contribution in [0.2, 0.25) is 0 Å². The predicted octanol–water partition coefficient (Wildman–Crippen LogP) is 2.88. The van der Waals surface area contributed by atoms with Crippen molar-refractivity contribution in [1.29, 1.82) is 0 Å². The van der Waals surface area contributed by atoms with Crippen molar-refractivity contribution in [2.45, 2.75) is 51.3 Å². The molecular formula is C8H15F3O. The maximum atomic E-state index is 11.7. The van der Waals surface area contributed by atoms with Crippen LogP contribution in [-0.4, -0.2) is 17.4 Å². The lowest BCUT2D eigenvalue weighted by atomic mass is 10.1. The lowest BCUT2D eigenvalue weighted by Crippen LogP contribution is -2.18. The van der Waals surface area contributed by atoms with Crippen LogP contribution in [0.3, 0.4) is 0 Å². The van der Waals surface area contributed by atoms with Gasteiger partial charge in [-0.05, 0) is 6.42 Å². The Balaban J connectivity index is 3.40. The van der Waals surface area contributed by atoms with E-state index >= 15 is 0 Å². The van der Waals surface area contributed by atoms with E-state index in [-0.39, 0.29) is 6.42 Å². The van der Waals surface area contributed by atoms with Gasteiger partial charge < -0.3 is 5.11 Å². The van der Waals surface area contributed by atoms with Gasteiger partial charge in [0.05, 0.1) is 12.5 Å². The fraction of sp³-hybridized carbons (Fsp3) is 1.00. The van der Waals surface area contributed by atoms with Gasteiger partial charge in [-0.3, -0.25) is 0 Å². The van der Waals surface area contributed by atoms with Crippen molar-refractivity contribution in [3.8, 4) is 0 Å². The molecule has 74 valence electrons. The van der Waals surface area contributed by atoms with Gasteiger partial charge in [-0.1, -0.05) is 26.2 Å². The Morgan fingerprint density at radius 1 is 1.25 bits per heavy atom. The molecule has 0 spiro atoms. The number of aliphatic hydroxyl groups excluding tert-OH is 1. The number of aliphatic hydroxyl groups is 1. The summed E-state index contributed by atoms with van der Waals surface area (Å²) in [5.74, 6) is 0. The Labute approximate surface area is 70.6 Å². The molecule has 4 heteroatoms. The van der Waals surface area contributed by atoms with Crippen LogP contribution in [0.5, 0.6) is 0 Å². The van der Waals surface area contributed by atoms with Crippen LogP contribution in [-0.2, 0) is 0 Å². The summed E-state index contributed by atoms with van der Waals surface area (Å²) < 4.78 is 35.0. The first-order valence-corrected chi connectivity index (χ1v) is 4.20. The third-order valence-electron chi connectivity index (χ3n) is 1.61. The van der Waals surface area contributed by atoms with Gasteiger partial charge in [0.25, 0.3) is 0 Å². The Bertz CT molecular complexity index is 111. The van der Waals surface area contributed by atoms with Crippen molar-refractivity contribution in [3.05, 3.63) is 0 Å². The Kier molecular flexibility index (Phi) is 5.29. The molecule has 0 amide bonds. The van der Waals surface area contributed by atoms with E-state index in [4.69, 9.17) is 5.11 Å². The van der Waals surface area contributed by atoms with Gasteiger partial charge in [0.1, 0.15) is 0 Å². The van der Waals surface area contributed by atoms with Gasteiger partial charge in [0, 0.05) is 0 Å². The number of hydrogen-bond acceptors (Lipinski definition) is 1. The van der Waals surface area contributed by atoms with Crippen LogP contribution >= 0.6 is 0 Å². The first-order valence-electron chi connectivity index (χ1n) is 4.20. The molecule has 1 N–H and O–H groups in total. The van der Waals surface area contributed by atoms with E-state index in [1.165, 1.54) is 0 Å². The standard InChI is InChI=1S/C8H15F3O/c1-2-3-4-5-7(12)6-8(9,10)11/h7,12H,2-6H2,1H3/t7-/m1/s1. The average Bonchev–Trinajstić information content (AvgIpc) is 1.84. The molecule has 0 fully saturated rings. The summed E-state index contributed by atoms with van der Waals surface area (Å²) in [5, 5.41) is 8.89. The van der Waals surface area contributed by atoms with E-state index in [1.54, 1.807) is 0 Å². The van der Waals surface area contributed by atoms with E-state index in [0.29, 0.717) is 6.42 Å². The van der Waals surface area contributed by atoms with Gasteiger partial charge in [0.2, 0.25) is 0 Å². The van der Waals surface area contributed by atoms with Crippen LogP contribution in [0.15, 0.2) is 0 Å². The maximum absolute atomic E-state index is 11.7. The van der Waals surface area contributed by atoms with Crippen LogP contribution in [0, 0.1) is 0 Å². The van der Waals surface area contributed by atoms with E-state index in [2.05, 4.69) is 0 Å². The lowest BCUT2D eigenvalue weighted by molar-refractivity contribution is -0.154. The molecule has 1 nitrogen and oxygen atoms in total. The molecule has 12 heavy (non-hydrogen) atoms. The molecule has 0 unspecified atom stereocenters. The highest BCUT2D eigenvalue weighted by Crippen LogP contribution is 2.23. The number of hydrogen-bond donors (Lipinski definition) is 1. The highest BCUT2D eigenvalue weighted by Gasteiger charge is 2.30. The van der Waals surface area contributed by atoms with Crippen molar-refractivity contribution in [1.82, 2.24) is 0 Å². The third-order valence-corrected chi connectivity index (χ3v) is 1.61.